The van der Waals surface area contributed by atoms with Crippen LogP contribution in [0, 0.1) is 0 Å². The number of methoxy groups -OCH3 is 1. The summed E-state index contributed by atoms with van der Waals surface area (Å²) in [5.74, 6) is 1.14. The maximum absolute atomic E-state index is 9.32. The Morgan fingerprint density at radius 2 is 1.68 bits per heavy atom. The van der Waals surface area contributed by atoms with Gasteiger partial charge in [0.2, 0.25) is 0 Å². The predicted octanol–water partition coefficient (Wildman–Crippen LogP) is 3.96. The zero-order valence-electron chi connectivity index (χ0n) is 11.3. The molecule has 19 heavy (non-hydrogen) atoms. The van der Waals surface area contributed by atoms with Crippen molar-refractivity contribution in [2.75, 3.05) is 12.4 Å². The second kappa shape index (κ2) is 6.14. The molecule has 0 aliphatic heterocycles. The molecule has 2 aromatic carbocycles. The molecule has 1 unspecified atom stereocenters. The van der Waals surface area contributed by atoms with Crippen molar-refractivity contribution in [3.63, 3.8) is 0 Å². The van der Waals surface area contributed by atoms with Gasteiger partial charge in [-0.05, 0) is 48.4 Å². The number of aromatic hydroxyl groups is 1. The minimum Gasteiger partial charge on any atom is -0.508 e. The fourth-order valence-electron chi connectivity index (χ4n) is 2.02. The second-order valence-corrected chi connectivity index (χ2v) is 4.43. The van der Waals surface area contributed by atoms with E-state index in [4.69, 9.17) is 4.74 Å². The van der Waals surface area contributed by atoms with Crippen LogP contribution < -0.4 is 10.1 Å². The first-order chi connectivity index (χ1) is 9.22. The van der Waals surface area contributed by atoms with Gasteiger partial charge in [-0.1, -0.05) is 19.1 Å². The van der Waals surface area contributed by atoms with E-state index in [9.17, 15) is 5.11 Å². The van der Waals surface area contributed by atoms with Crippen molar-refractivity contribution in [2.45, 2.75) is 19.4 Å². The Balaban J connectivity index is 2.11. The highest BCUT2D eigenvalue weighted by Gasteiger charge is 2.09. The highest BCUT2D eigenvalue weighted by molar-refractivity contribution is 5.48. The third-order valence-electron chi connectivity index (χ3n) is 3.13. The van der Waals surface area contributed by atoms with Crippen LogP contribution in [-0.2, 0) is 0 Å². The van der Waals surface area contributed by atoms with Crippen LogP contribution in [0.1, 0.15) is 24.9 Å². The van der Waals surface area contributed by atoms with E-state index < -0.39 is 0 Å². The summed E-state index contributed by atoms with van der Waals surface area (Å²) in [6.45, 7) is 2.13. The molecule has 2 N–H and O–H groups in total. The summed E-state index contributed by atoms with van der Waals surface area (Å²) in [5, 5.41) is 12.8. The molecule has 0 aliphatic carbocycles. The lowest BCUT2D eigenvalue weighted by atomic mass is 10.0. The normalized spacial score (nSPS) is 11.9. The minimum absolute atomic E-state index is 0.231. The van der Waals surface area contributed by atoms with Crippen molar-refractivity contribution in [3.8, 4) is 11.5 Å². The maximum atomic E-state index is 9.32. The van der Waals surface area contributed by atoms with E-state index in [2.05, 4.69) is 12.2 Å². The predicted molar refractivity (Wildman–Crippen MR) is 77.8 cm³/mol. The van der Waals surface area contributed by atoms with Crippen LogP contribution in [-0.4, -0.2) is 12.2 Å². The van der Waals surface area contributed by atoms with E-state index in [1.165, 1.54) is 0 Å². The summed E-state index contributed by atoms with van der Waals surface area (Å²) in [6, 6.07) is 15.4. The Hall–Kier alpha value is -2.16. The quantitative estimate of drug-likeness (QED) is 0.851. The van der Waals surface area contributed by atoms with E-state index in [-0.39, 0.29) is 6.04 Å². The van der Waals surface area contributed by atoms with Crippen molar-refractivity contribution < 1.29 is 9.84 Å². The SMILES string of the molecule is CCC(Nc1ccc(OC)cc1)c1ccc(O)cc1. The Kier molecular flexibility index (Phi) is 4.29. The first-order valence-corrected chi connectivity index (χ1v) is 6.42. The first kappa shape index (κ1) is 13.3. The molecule has 0 aromatic heterocycles. The number of anilines is 1. The molecule has 0 aliphatic rings. The summed E-state index contributed by atoms with van der Waals surface area (Å²) < 4.78 is 5.14. The highest BCUT2D eigenvalue weighted by atomic mass is 16.5. The largest absolute Gasteiger partial charge is 0.508 e. The molecule has 0 spiro atoms. The molecule has 0 heterocycles. The van der Waals surface area contributed by atoms with Gasteiger partial charge in [0.1, 0.15) is 11.5 Å². The third-order valence-corrected chi connectivity index (χ3v) is 3.13. The van der Waals surface area contributed by atoms with Gasteiger partial charge < -0.3 is 15.2 Å². The van der Waals surface area contributed by atoms with Crippen molar-refractivity contribution >= 4 is 5.69 Å². The molecular formula is C16H19NO2. The zero-order chi connectivity index (χ0) is 13.7. The van der Waals surface area contributed by atoms with Crippen molar-refractivity contribution in [1.82, 2.24) is 0 Å². The minimum atomic E-state index is 0.231. The molecule has 0 saturated heterocycles. The van der Waals surface area contributed by atoms with Crippen LogP contribution in [0.2, 0.25) is 0 Å². The van der Waals surface area contributed by atoms with Gasteiger partial charge >= 0.3 is 0 Å². The molecule has 3 nitrogen and oxygen atoms in total. The topological polar surface area (TPSA) is 41.5 Å². The van der Waals surface area contributed by atoms with Crippen LogP contribution in [0.15, 0.2) is 48.5 Å². The smallest absolute Gasteiger partial charge is 0.119 e. The number of ether oxygens (including phenoxy) is 1. The molecule has 0 fully saturated rings. The van der Waals surface area contributed by atoms with Gasteiger partial charge in [-0.3, -0.25) is 0 Å². The van der Waals surface area contributed by atoms with Crippen LogP contribution in [0.25, 0.3) is 0 Å². The average Bonchev–Trinajstić information content (AvgIpc) is 2.46. The van der Waals surface area contributed by atoms with Gasteiger partial charge in [0.25, 0.3) is 0 Å². The van der Waals surface area contributed by atoms with Gasteiger partial charge in [0.15, 0.2) is 0 Å². The van der Waals surface area contributed by atoms with Crippen molar-refractivity contribution in [3.05, 3.63) is 54.1 Å². The number of phenols is 1. The molecular weight excluding hydrogens is 238 g/mol. The molecule has 0 bridgehead atoms. The molecule has 0 amide bonds. The molecule has 2 rings (SSSR count). The van der Waals surface area contributed by atoms with Crippen LogP contribution in [0.5, 0.6) is 11.5 Å². The summed E-state index contributed by atoms with van der Waals surface area (Å²) >= 11 is 0. The molecule has 0 saturated carbocycles. The zero-order valence-corrected chi connectivity index (χ0v) is 11.3. The average molecular weight is 257 g/mol. The Bertz CT molecular complexity index is 505. The molecule has 1 atom stereocenters. The van der Waals surface area contributed by atoms with E-state index in [1.54, 1.807) is 19.2 Å². The van der Waals surface area contributed by atoms with Crippen LogP contribution in [0.4, 0.5) is 5.69 Å². The Morgan fingerprint density at radius 3 is 2.21 bits per heavy atom. The summed E-state index contributed by atoms with van der Waals surface area (Å²) in [5.41, 5.74) is 2.22. The summed E-state index contributed by atoms with van der Waals surface area (Å²) in [7, 11) is 1.66. The molecule has 2 aromatic rings. The van der Waals surface area contributed by atoms with E-state index in [0.29, 0.717) is 5.75 Å². The lowest BCUT2D eigenvalue weighted by Gasteiger charge is -2.19. The maximum Gasteiger partial charge on any atom is 0.119 e. The van der Waals surface area contributed by atoms with E-state index >= 15 is 0 Å². The number of nitrogens with one attached hydrogen (secondary N) is 1. The fourth-order valence-corrected chi connectivity index (χ4v) is 2.02. The lowest BCUT2D eigenvalue weighted by Crippen LogP contribution is -2.09. The number of rotatable bonds is 5. The van der Waals surface area contributed by atoms with Crippen molar-refractivity contribution in [2.24, 2.45) is 0 Å². The fraction of sp³-hybridized carbons (Fsp3) is 0.250. The Morgan fingerprint density at radius 1 is 1.05 bits per heavy atom. The van der Waals surface area contributed by atoms with Gasteiger partial charge in [0, 0.05) is 5.69 Å². The molecule has 0 radical (unpaired) electrons. The monoisotopic (exact) mass is 257 g/mol. The molecule has 100 valence electrons. The highest BCUT2D eigenvalue weighted by Crippen LogP contribution is 2.25. The number of hydrogen-bond donors (Lipinski definition) is 2. The number of hydrogen-bond acceptors (Lipinski definition) is 3. The molecule has 3 heteroatoms. The van der Waals surface area contributed by atoms with Crippen LogP contribution >= 0.6 is 0 Å². The first-order valence-electron chi connectivity index (χ1n) is 6.42. The standard InChI is InChI=1S/C16H19NO2/c1-3-16(12-4-8-14(18)9-5-12)17-13-6-10-15(19-2)11-7-13/h4-11,16-18H,3H2,1-2H3. The lowest BCUT2D eigenvalue weighted by molar-refractivity contribution is 0.415. The van der Waals surface area contributed by atoms with Gasteiger partial charge in [0.05, 0.1) is 13.2 Å². The van der Waals surface area contributed by atoms with Crippen molar-refractivity contribution in [1.29, 1.82) is 0 Å². The van der Waals surface area contributed by atoms with E-state index in [0.717, 1.165) is 23.4 Å². The second-order valence-electron chi connectivity index (χ2n) is 4.43. The van der Waals surface area contributed by atoms with Gasteiger partial charge in [-0.25, -0.2) is 0 Å². The van der Waals surface area contributed by atoms with Gasteiger partial charge in [-0.2, -0.15) is 0 Å². The Labute approximate surface area is 113 Å². The number of benzene rings is 2. The summed E-state index contributed by atoms with van der Waals surface area (Å²) in [6.07, 6.45) is 0.969. The summed E-state index contributed by atoms with van der Waals surface area (Å²) in [4.78, 5) is 0. The van der Waals surface area contributed by atoms with Gasteiger partial charge in [-0.15, -0.1) is 0 Å². The van der Waals surface area contributed by atoms with E-state index in [1.807, 2.05) is 36.4 Å². The third kappa shape index (κ3) is 3.41. The number of phenolic OH excluding ortho intramolecular Hbond substituents is 1. The van der Waals surface area contributed by atoms with Crippen LogP contribution in [0.3, 0.4) is 0 Å².